The van der Waals surface area contributed by atoms with Crippen LogP contribution < -0.4 is 9.16 Å². The number of hydrogen-bond acceptors (Lipinski definition) is 2. The monoisotopic (exact) mass is 368 g/mol. The van der Waals surface area contributed by atoms with Gasteiger partial charge in [0, 0.05) is 17.3 Å². The first-order valence-electron chi connectivity index (χ1n) is 7.21. The number of alkyl halides is 3. The molecule has 8 heteroatoms. The van der Waals surface area contributed by atoms with E-state index in [2.05, 4.69) is 4.99 Å². The Morgan fingerprint density at radius 2 is 1.88 bits per heavy atom. The van der Waals surface area contributed by atoms with Crippen LogP contribution in [0.4, 0.5) is 23.7 Å². The van der Waals surface area contributed by atoms with Crippen molar-refractivity contribution in [3.63, 3.8) is 0 Å². The van der Waals surface area contributed by atoms with Crippen LogP contribution in [-0.2, 0) is 5.60 Å². The Morgan fingerprint density at radius 1 is 1.16 bits per heavy atom. The molecule has 2 aromatic carbocycles. The van der Waals surface area contributed by atoms with Gasteiger partial charge in [0.2, 0.25) is 0 Å². The van der Waals surface area contributed by atoms with E-state index in [9.17, 15) is 18.0 Å². The second-order valence-corrected chi connectivity index (χ2v) is 5.83. The minimum atomic E-state index is -4.89. The molecule has 1 aliphatic rings. The highest BCUT2D eigenvalue weighted by molar-refractivity contribution is 6.37. The van der Waals surface area contributed by atoms with Crippen LogP contribution in [0.25, 0.3) is 0 Å². The maximum atomic E-state index is 14.1. The van der Waals surface area contributed by atoms with Gasteiger partial charge in [0.15, 0.2) is 0 Å². The fourth-order valence-electron chi connectivity index (χ4n) is 2.56. The fraction of sp³-hybridized carbons (Fsp3) is 0.176. The number of benzene rings is 2. The molecule has 25 heavy (non-hydrogen) atoms. The number of carbonyl (C=O) groups excluding carboxylic acids is 1. The van der Waals surface area contributed by atoms with Gasteiger partial charge in [-0.3, -0.25) is 0 Å². The lowest BCUT2D eigenvalue weighted by molar-refractivity contribution is -0.223. The first kappa shape index (κ1) is 17.3. The first-order chi connectivity index (χ1) is 11.7. The molecule has 1 aliphatic heterocycles. The lowest BCUT2D eigenvalue weighted by Gasteiger charge is -2.33. The Morgan fingerprint density at radius 3 is 2.56 bits per heavy atom. The Kier molecular flexibility index (Phi) is 4.20. The van der Waals surface area contributed by atoms with E-state index in [1.165, 1.54) is 36.4 Å². The van der Waals surface area contributed by atoms with Gasteiger partial charge < -0.3 is 4.74 Å². The van der Waals surface area contributed by atoms with E-state index in [0.717, 1.165) is 5.56 Å². The topological polar surface area (TPSA) is 41.9 Å². The van der Waals surface area contributed by atoms with E-state index in [1.54, 1.807) is 19.1 Å². The zero-order valence-corrected chi connectivity index (χ0v) is 13.7. The van der Waals surface area contributed by atoms with Gasteiger partial charge in [-0.05, 0) is 30.7 Å². The molecule has 0 fully saturated rings. The number of para-hydroxylation sites is 1. The van der Waals surface area contributed by atoms with Crippen molar-refractivity contribution in [2.24, 2.45) is 4.99 Å². The maximum Gasteiger partial charge on any atom is 0.438 e. The number of ether oxygens (including phenoxy) is 1. The molecule has 130 valence electrons. The first-order valence-corrected chi connectivity index (χ1v) is 7.55. The summed E-state index contributed by atoms with van der Waals surface area (Å²) in [6.07, 6.45) is -4.43. The lowest BCUT2D eigenvalue weighted by Crippen LogP contribution is -2.49. The van der Waals surface area contributed by atoms with Crippen LogP contribution in [0.2, 0.25) is 0 Å². The van der Waals surface area contributed by atoms with Crippen molar-refractivity contribution in [1.29, 1.82) is 0 Å². The number of aliphatic imine (C=N–C) groups is 1. The van der Waals surface area contributed by atoms with Crippen molar-refractivity contribution in [1.82, 2.24) is 0 Å². The van der Waals surface area contributed by atoms with Crippen molar-refractivity contribution in [3.05, 3.63) is 59.7 Å². The Hall–Kier alpha value is -2.54. The highest BCUT2D eigenvalue weighted by atomic mass is 35.5. The van der Waals surface area contributed by atoms with Gasteiger partial charge in [-0.2, -0.15) is 13.2 Å². The summed E-state index contributed by atoms with van der Waals surface area (Å²) in [5.74, 6) is -0.00551. The summed E-state index contributed by atoms with van der Waals surface area (Å²) in [6, 6.07) is 10.5. The van der Waals surface area contributed by atoms with Crippen molar-refractivity contribution in [3.8, 4) is 5.75 Å². The molecule has 0 radical (unpaired) electrons. The number of aryl methyl sites for hydroxylation is 1. The predicted molar refractivity (Wildman–Crippen MR) is 88.2 cm³/mol. The van der Waals surface area contributed by atoms with Crippen LogP contribution in [0.1, 0.15) is 11.1 Å². The fourth-order valence-corrected chi connectivity index (χ4v) is 2.75. The van der Waals surface area contributed by atoms with Gasteiger partial charge >= 0.3 is 12.2 Å². The maximum absolute atomic E-state index is 14.1. The molecule has 2 aromatic rings. The van der Waals surface area contributed by atoms with E-state index < -0.39 is 17.8 Å². The van der Waals surface area contributed by atoms with Crippen LogP contribution in [-0.4, -0.2) is 18.4 Å². The van der Waals surface area contributed by atoms with Crippen molar-refractivity contribution in [2.75, 3.05) is 4.42 Å². The molecule has 0 bridgehead atoms. The van der Waals surface area contributed by atoms with Gasteiger partial charge in [-0.1, -0.05) is 30.3 Å². The number of amides is 2. The zero-order valence-electron chi connectivity index (χ0n) is 12.9. The van der Waals surface area contributed by atoms with Crippen molar-refractivity contribution < 1.29 is 22.7 Å². The van der Waals surface area contributed by atoms with E-state index in [4.69, 9.17) is 16.5 Å². The van der Waals surface area contributed by atoms with Crippen LogP contribution in [0.3, 0.4) is 0 Å². The number of carbonyl (C=O) groups is 1. The summed E-state index contributed by atoms with van der Waals surface area (Å²) in [6.45, 7) is 1.73. The summed E-state index contributed by atoms with van der Waals surface area (Å²) >= 11 is 5.85. The minimum absolute atomic E-state index is 0.00551. The van der Waals surface area contributed by atoms with Crippen LogP contribution in [0, 0.1) is 6.92 Å². The van der Waals surface area contributed by atoms with Crippen LogP contribution >= 0.6 is 11.8 Å². The summed E-state index contributed by atoms with van der Waals surface area (Å²) in [7, 11) is 0. The highest BCUT2D eigenvalue weighted by Gasteiger charge is 2.60. The molecule has 1 heterocycles. The second-order valence-electron chi connectivity index (χ2n) is 5.49. The second kappa shape index (κ2) is 6.07. The Balaban J connectivity index is 2.26. The van der Waals surface area contributed by atoms with Crippen LogP contribution in [0.15, 0.2) is 53.5 Å². The molecule has 0 saturated carbocycles. The third-order valence-electron chi connectivity index (χ3n) is 3.73. The smallest absolute Gasteiger partial charge is 0.438 e. The molecule has 0 aliphatic carbocycles. The molecular weight excluding hydrogens is 357 g/mol. The molecular formula is C17H12ClF3N2O2. The van der Waals surface area contributed by atoms with Gasteiger partial charge in [0.1, 0.15) is 5.75 Å². The third kappa shape index (κ3) is 2.95. The molecule has 0 aromatic heterocycles. The molecule has 0 spiro atoms. The molecule has 0 N–H and O–H groups in total. The molecule has 0 saturated heterocycles. The number of anilines is 1. The molecule has 4 nitrogen and oxygen atoms in total. The largest absolute Gasteiger partial charge is 0.467 e. The average Bonchev–Trinajstić information content (AvgIpc) is 2.66. The number of urea groups is 1. The lowest BCUT2D eigenvalue weighted by atomic mass is 9.92. The van der Waals surface area contributed by atoms with Gasteiger partial charge in [-0.25, -0.2) is 14.2 Å². The standard InChI is InChI=1S/C17H12ClF3N2O2/c1-11-5-4-6-12(9-11)25-16(17(19,20)21)10-22-15(24)23(18)14-8-3-2-7-13(14)16/h2-10H,1H3. The summed E-state index contributed by atoms with van der Waals surface area (Å²) in [5, 5.41) is 0. The average molecular weight is 369 g/mol. The quantitative estimate of drug-likeness (QED) is 0.700. The number of fused-ring (bicyclic) bond motifs is 1. The van der Waals surface area contributed by atoms with Gasteiger partial charge in [0.25, 0.3) is 5.60 Å². The third-order valence-corrected chi connectivity index (χ3v) is 4.06. The summed E-state index contributed by atoms with van der Waals surface area (Å²) in [4.78, 5) is 15.2. The predicted octanol–water partition coefficient (Wildman–Crippen LogP) is 5.00. The number of rotatable bonds is 2. The Bertz CT molecular complexity index is 854. The van der Waals surface area contributed by atoms with E-state index in [1.807, 2.05) is 0 Å². The van der Waals surface area contributed by atoms with E-state index >= 15 is 0 Å². The van der Waals surface area contributed by atoms with Crippen molar-refractivity contribution >= 4 is 29.7 Å². The van der Waals surface area contributed by atoms with E-state index in [0.29, 0.717) is 10.6 Å². The van der Waals surface area contributed by atoms with E-state index in [-0.39, 0.29) is 17.0 Å². The normalized spacial score (nSPS) is 20.2. The molecule has 3 rings (SSSR count). The molecule has 2 amide bonds. The molecule has 1 unspecified atom stereocenters. The minimum Gasteiger partial charge on any atom is -0.467 e. The van der Waals surface area contributed by atoms with Crippen LogP contribution in [0.5, 0.6) is 5.75 Å². The van der Waals surface area contributed by atoms with Crippen molar-refractivity contribution in [2.45, 2.75) is 18.7 Å². The molecule has 1 atom stereocenters. The highest BCUT2D eigenvalue weighted by Crippen LogP contribution is 2.46. The van der Waals surface area contributed by atoms with Gasteiger partial charge in [0.05, 0.1) is 11.9 Å². The summed E-state index contributed by atoms with van der Waals surface area (Å²) < 4.78 is 48.2. The zero-order chi connectivity index (χ0) is 18.2. The number of nitrogens with zero attached hydrogens (tertiary/aromatic N) is 2. The SMILES string of the molecule is Cc1cccc(OC2(C(F)(F)F)C=NC(=O)N(Cl)c3ccccc32)c1. The number of halogens is 4. The summed E-state index contributed by atoms with van der Waals surface area (Å²) in [5.41, 5.74) is -2.69. The Labute approximate surface area is 146 Å². The number of hydrogen-bond donors (Lipinski definition) is 0. The van der Waals surface area contributed by atoms with Gasteiger partial charge in [-0.15, -0.1) is 0 Å².